The lowest BCUT2D eigenvalue weighted by Crippen LogP contribution is -2.20. The second-order valence-electron chi connectivity index (χ2n) is 2.32. The molecule has 0 unspecified atom stereocenters. The maximum Gasteiger partial charge on any atom is 0.508 e. The van der Waals surface area contributed by atoms with Gasteiger partial charge in [0.15, 0.2) is 0 Å². The first-order valence-electron chi connectivity index (χ1n) is 3.21. The third kappa shape index (κ3) is 8.24. The number of hydrogen-bond acceptors (Lipinski definition) is 3. The Morgan fingerprint density at radius 1 is 1.42 bits per heavy atom. The number of halogens is 3. The van der Waals surface area contributed by atoms with Crippen LogP contribution in [0.5, 0.6) is 0 Å². The van der Waals surface area contributed by atoms with Crippen molar-refractivity contribution in [3.8, 4) is 0 Å². The zero-order valence-corrected chi connectivity index (χ0v) is 8.91. The van der Waals surface area contributed by atoms with Crippen molar-refractivity contribution in [1.82, 2.24) is 0 Å². The van der Waals surface area contributed by atoms with Crippen molar-refractivity contribution in [2.45, 2.75) is 23.7 Å². The average Bonchev–Trinajstić information content (AvgIpc) is 1.80. The van der Waals surface area contributed by atoms with Crippen molar-refractivity contribution in [2.24, 2.45) is 0 Å². The van der Waals surface area contributed by atoms with E-state index in [0.29, 0.717) is 0 Å². The van der Waals surface area contributed by atoms with Gasteiger partial charge >= 0.3 is 6.16 Å². The maximum atomic E-state index is 10.7. The third-order valence-electron chi connectivity index (χ3n) is 0.686. The Morgan fingerprint density at radius 2 is 1.92 bits per heavy atom. The van der Waals surface area contributed by atoms with Crippen LogP contribution >= 0.6 is 34.8 Å². The van der Waals surface area contributed by atoms with Crippen molar-refractivity contribution in [2.75, 3.05) is 6.61 Å². The van der Waals surface area contributed by atoms with Crippen LogP contribution in [0, 0.1) is 0 Å². The van der Waals surface area contributed by atoms with Gasteiger partial charge in [0.05, 0.1) is 6.10 Å². The van der Waals surface area contributed by atoms with Gasteiger partial charge in [0.25, 0.3) is 0 Å². The van der Waals surface area contributed by atoms with Gasteiger partial charge in [0.2, 0.25) is 3.79 Å². The SMILES string of the molecule is CC(C)OC(=O)OCC(Cl)(Cl)Cl. The fourth-order valence-corrected chi connectivity index (χ4v) is 0.531. The van der Waals surface area contributed by atoms with Crippen LogP contribution in [0.4, 0.5) is 4.79 Å². The zero-order valence-electron chi connectivity index (χ0n) is 6.64. The highest BCUT2D eigenvalue weighted by Gasteiger charge is 2.22. The first-order chi connectivity index (χ1) is 5.31. The molecule has 0 aromatic heterocycles. The van der Waals surface area contributed by atoms with Gasteiger partial charge in [0.1, 0.15) is 6.61 Å². The summed E-state index contributed by atoms with van der Waals surface area (Å²) in [6.45, 7) is 3.07. The smallest absolute Gasteiger partial charge is 0.432 e. The molecular formula is C6H9Cl3O3. The molecule has 0 aromatic carbocycles. The Bertz CT molecular complexity index is 153. The molecule has 6 heteroatoms. The summed E-state index contributed by atoms with van der Waals surface area (Å²) >= 11 is 15.9. The van der Waals surface area contributed by atoms with E-state index in [1.165, 1.54) is 0 Å². The summed E-state index contributed by atoms with van der Waals surface area (Å²) in [6.07, 6.45) is -1.08. The van der Waals surface area contributed by atoms with Crippen molar-refractivity contribution in [3.63, 3.8) is 0 Å². The summed E-state index contributed by atoms with van der Waals surface area (Å²) in [5.41, 5.74) is 0. The van der Waals surface area contributed by atoms with Crippen LogP contribution in [0.15, 0.2) is 0 Å². The highest BCUT2D eigenvalue weighted by molar-refractivity contribution is 6.67. The lowest BCUT2D eigenvalue weighted by molar-refractivity contribution is 0.0357. The summed E-state index contributed by atoms with van der Waals surface area (Å²) in [5.74, 6) is 0. The molecule has 0 aliphatic rings. The van der Waals surface area contributed by atoms with Crippen LogP contribution in [0.1, 0.15) is 13.8 Å². The second kappa shape index (κ2) is 5.00. The lowest BCUT2D eigenvalue weighted by Gasteiger charge is -2.12. The minimum atomic E-state index is -1.59. The van der Waals surface area contributed by atoms with Gasteiger partial charge in [0, 0.05) is 0 Å². The first-order valence-corrected chi connectivity index (χ1v) is 4.35. The average molecular weight is 235 g/mol. The summed E-state index contributed by atoms with van der Waals surface area (Å²) < 4.78 is 7.48. The Hall–Kier alpha value is 0.140. The Kier molecular flexibility index (Phi) is 5.06. The largest absolute Gasteiger partial charge is 0.508 e. The van der Waals surface area contributed by atoms with Crippen molar-refractivity contribution in [3.05, 3.63) is 0 Å². The molecule has 0 aliphatic carbocycles. The molecule has 0 saturated heterocycles. The molecule has 0 radical (unpaired) electrons. The van der Waals surface area contributed by atoms with Gasteiger partial charge < -0.3 is 9.47 Å². The highest BCUT2D eigenvalue weighted by atomic mass is 35.6. The predicted molar refractivity (Wildman–Crippen MR) is 47.9 cm³/mol. The minimum Gasteiger partial charge on any atom is -0.432 e. The number of alkyl halides is 3. The molecule has 0 rings (SSSR count). The molecule has 0 heterocycles. The Morgan fingerprint density at radius 3 is 2.25 bits per heavy atom. The fraction of sp³-hybridized carbons (Fsp3) is 0.833. The van der Waals surface area contributed by atoms with E-state index in [4.69, 9.17) is 34.8 Å². The second-order valence-corrected chi connectivity index (χ2v) is 4.84. The van der Waals surface area contributed by atoms with Crippen LogP contribution in [0.3, 0.4) is 0 Å². The third-order valence-corrected chi connectivity index (χ3v) is 1.01. The monoisotopic (exact) mass is 234 g/mol. The van der Waals surface area contributed by atoms with Crippen LogP contribution in [-0.4, -0.2) is 22.7 Å². The molecule has 0 bridgehead atoms. The summed E-state index contributed by atoms with van der Waals surface area (Å²) in [6, 6.07) is 0. The Balaban J connectivity index is 3.58. The lowest BCUT2D eigenvalue weighted by atomic mass is 10.5. The molecule has 72 valence electrons. The number of carbonyl (C=O) groups excluding carboxylic acids is 1. The normalized spacial score (nSPS) is 11.5. The van der Waals surface area contributed by atoms with E-state index in [1.807, 2.05) is 0 Å². The molecule has 0 amide bonds. The molecule has 0 aliphatic heterocycles. The number of hydrogen-bond donors (Lipinski definition) is 0. The van der Waals surface area contributed by atoms with Gasteiger partial charge in [-0.2, -0.15) is 0 Å². The first kappa shape index (κ1) is 12.1. The highest BCUT2D eigenvalue weighted by Crippen LogP contribution is 2.25. The van der Waals surface area contributed by atoms with E-state index in [9.17, 15) is 4.79 Å². The van der Waals surface area contributed by atoms with Crippen LogP contribution in [-0.2, 0) is 9.47 Å². The van der Waals surface area contributed by atoms with E-state index in [2.05, 4.69) is 9.47 Å². The van der Waals surface area contributed by atoms with E-state index in [0.717, 1.165) is 0 Å². The van der Waals surface area contributed by atoms with E-state index >= 15 is 0 Å². The standard InChI is InChI=1S/C6H9Cl3O3/c1-4(2)12-5(10)11-3-6(7,8)9/h4H,3H2,1-2H3. The predicted octanol–water partition coefficient (Wildman–Crippen LogP) is 2.92. The molecule has 0 aromatic rings. The number of rotatable bonds is 2. The maximum absolute atomic E-state index is 10.7. The molecule has 0 fully saturated rings. The van der Waals surface area contributed by atoms with E-state index in [1.54, 1.807) is 13.8 Å². The van der Waals surface area contributed by atoms with E-state index < -0.39 is 9.95 Å². The molecule has 0 atom stereocenters. The summed E-state index contributed by atoms with van der Waals surface area (Å²) in [5, 5.41) is 0. The number of ether oxygens (including phenoxy) is 2. The molecular weight excluding hydrogens is 226 g/mol. The number of carbonyl (C=O) groups is 1. The fourth-order valence-electron chi connectivity index (χ4n) is 0.367. The van der Waals surface area contributed by atoms with Crippen LogP contribution in [0.2, 0.25) is 0 Å². The van der Waals surface area contributed by atoms with Gasteiger partial charge in [-0.25, -0.2) is 4.79 Å². The zero-order chi connectivity index (χ0) is 9.78. The molecule has 3 nitrogen and oxygen atoms in total. The topological polar surface area (TPSA) is 35.5 Å². The molecule has 12 heavy (non-hydrogen) atoms. The van der Waals surface area contributed by atoms with Crippen LogP contribution < -0.4 is 0 Å². The Labute approximate surface area is 85.9 Å². The van der Waals surface area contributed by atoms with Crippen molar-refractivity contribution < 1.29 is 14.3 Å². The van der Waals surface area contributed by atoms with Gasteiger partial charge in [-0.15, -0.1) is 0 Å². The van der Waals surface area contributed by atoms with Gasteiger partial charge in [-0.1, -0.05) is 34.8 Å². The summed E-state index contributed by atoms with van der Waals surface area (Å²) in [7, 11) is 0. The molecule has 0 N–H and O–H groups in total. The van der Waals surface area contributed by atoms with Crippen molar-refractivity contribution >= 4 is 41.0 Å². The van der Waals surface area contributed by atoms with Gasteiger partial charge in [-0.3, -0.25) is 0 Å². The summed E-state index contributed by atoms with van der Waals surface area (Å²) in [4.78, 5) is 10.7. The van der Waals surface area contributed by atoms with Crippen LogP contribution in [0.25, 0.3) is 0 Å². The van der Waals surface area contributed by atoms with E-state index in [-0.39, 0.29) is 12.7 Å². The molecule has 0 spiro atoms. The molecule has 0 saturated carbocycles. The minimum absolute atomic E-state index is 0.243. The quantitative estimate of drug-likeness (QED) is 0.545. The van der Waals surface area contributed by atoms with Gasteiger partial charge in [-0.05, 0) is 13.8 Å². The van der Waals surface area contributed by atoms with Crippen molar-refractivity contribution in [1.29, 1.82) is 0 Å².